The summed E-state index contributed by atoms with van der Waals surface area (Å²) in [4.78, 5) is 10.4. The molecule has 0 spiro atoms. The van der Waals surface area contributed by atoms with Crippen molar-refractivity contribution in [1.29, 1.82) is 0 Å². The minimum atomic E-state index is 0.467. The molecule has 2 heterocycles. The van der Waals surface area contributed by atoms with E-state index < -0.39 is 0 Å². The predicted octanol–water partition coefficient (Wildman–Crippen LogP) is 1.85. The zero-order valence-corrected chi connectivity index (χ0v) is 12.6. The van der Waals surface area contributed by atoms with Gasteiger partial charge in [0.05, 0.1) is 0 Å². The molecule has 0 aliphatic carbocycles. The van der Waals surface area contributed by atoms with Crippen molar-refractivity contribution in [3.05, 3.63) is 6.07 Å². The molecule has 2 N–H and O–H groups in total. The lowest BCUT2D eigenvalue weighted by Crippen LogP contribution is -2.07. The van der Waals surface area contributed by atoms with E-state index in [2.05, 4.69) is 20.2 Å². The van der Waals surface area contributed by atoms with E-state index in [-0.39, 0.29) is 0 Å². The van der Waals surface area contributed by atoms with Crippen molar-refractivity contribution in [2.24, 2.45) is 0 Å². The van der Waals surface area contributed by atoms with Gasteiger partial charge < -0.3 is 10.6 Å². The van der Waals surface area contributed by atoms with Crippen LogP contribution in [-0.2, 0) is 0 Å². The van der Waals surface area contributed by atoms with Gasteiger partial charge in [0, 0.05) is 20.2 Å². The van der Waals surface area contributed by atoms with Gasteiger partial charge in [-0.15, -0.1) is 10.2 Å². The SMILES string of the molecule is CSc1nc(N)cc(Sc2nnc(N(C)C)s2)n1. The fraction of sp³-hybridized carbons (Fsp3) is 0.333. The third-order valence-corrected chi connectivity index (χ3v) is 4.46. The number of nitrogens with two attached hydrogens (primary N) is 1. The van der Waals surface area contributed by atoms with Gasteiger partial charge in [-0.25, -0.2) is 9.97 Å². The molecule has 0 radical (unpaired) electrons. The Kier molecular flexibility index (Phi) is 4.25. The van der Waals surface area contributed by atoms with Crippen LogP contribution in [0.1, 0.15) is 0 Å². The molecule has 0 aliphatic heterocycles. The van der Waals surface area contributed by atoms with Gasteiger partial charge in [-0.1, -0.05) is 23.1 Å². The van der Waals surface area contributed by atoms with Gasteiger partial charge in [0.2, 0.25) is 5.13 Å². The number of anilines is 2. The molecule has 0 aliphatic rings. The molecular formula is C9H12N6S3. The maximum atomic E-state index is 5.72. The largest absolute Gasteiger partial charge is 0.384 e. The number of thioether (sulfide) groups is 1. The Morgan fingerprint density at radius 2 is 2.06 bits per heavy atom. The van der Waals surface area contributed by atoms with Crippen molar-refractivity contribution in [3.8, 4) is 0 Å². The third-order valence-electron chi connectivity index (χ3n) is 1.85. The van der Waals surface area contributed by atoms with Crippen molar-refractivity contribution in [1.82, 2.24) is 20.2 Å². The van der Waals surface area contributed by atoms with Gasteiger partial charge in [-0.3, -0.25) is 0 Å². The number of hydrogen-bond donors (Lipinski definition) is 1. The summed E-state index contributed by atoms with van der Waals surface area (Å²) in [6.07, 6.45) is 1.91. The summed E-state index contributed by atoms with van der Waals surface area (Å²) in [6.45, 7) is 0. The normalized spacial score (nSPS) is 10.6. The van der Waals surface area contributed by atoms with Crippen LogP contribution in [-0.4, -0.2) is 40.5 Å². The Morgan fingerprint density at radius 1 is 1.28 bits per heavy atom. The molecule has 0 amide bonds. The van der Waals surface area contributed by atoms with Crippen LogP contribution in [0.4, 0.5) is 10.9 Å². The summed E-state index contributed by atoms with van der Waals surface area (Å²) in [6, 6.07) is 1.74. The minimum Gasteiger partial charge on any atom is -0.384 e. The first-order valence-electron chi connectivity index (χ1n) is 4.95. The van der Waals surface area contributed by atoms with E-state index >= 15 is 0 Å². The van der Waals surface area contributed by atoms with E-state index in [1.807, 2.05) is 25.3 Å². The second-order valence-corrected chi connectivity index (χ2v) is 6.46. The van der Waals surface area contributed by atoms with Crippen LogP contribution in [0.2, 0.25) is 0 Å². The van der Waals surface area contributed by atoms with Crippen LogP contribution >= 0.6 is 34.9 Å². The number of nitrogens with zero attached hydrogens (tertiary/aromatic N) is 5. The Balaban J connectivity index is 2.19. The van der Waals surface area contributed by atoms with Gasteiger partial charge in [-0.2, -0.15) is 0 Å². The Bertz CT molecular complexity index is 541. The first kappa shape index (κ1) is 13.4. The van der Waals surface area contributed by atoms with Crippen molar-refractivity contribution in [2.75, 3.05) is 31.0 Å². The van der Waals surface area contributed by atoms with Gasteiger partial charge in [0.25, 0.3) is 0 Å². The summed E-state index contributed by atoms with van der Waals surface area (Å²) in [5.41, 5.74) is 5.72. The maximum absolute atomic E-state index is 5.72. The molecule has 0 fully saturated rings. The van der Waals surface area contributed by atoms with E-state index in [1.165, 1.54) is 34.9 Å². The van der Waals surface area contributed by atoms with E-state index in [0.29, 0.717) is 11.0 Å². The highest BCUT2D eigenvalue weighted by molar-refractivity contribution is 8.01. The lowest BCUT2D eigenvalue weighted by atomic mass is 10.6. The monoisotopic (exact) mass is 300 g/mol. The highest BCUT2D eigenvalue weighted by Gasteiger charge is 2.10. The van der Waals surface area contributed by atoms with E-state index in [4.69, 9.17) is 5.73 Å². The highest BCUT2D eigenvalue weighted by atomic mass is 32.2. The zero-order chi connectivity index (χ0) is 13.1. The predicted molar refractivity (Wildman–Crippen MR) is 76.6 cm³/mol. The zero-order valence-electron chi connectivity index (χ0n) is 10.1. The Morgan fingerprint density at radius 3 is 2.67 bits per heavy atom. The number of nitrogen functional groups attached to an aromatic ring is 1. The van der Waals surface area contributed by atoms with Crippen LogP contribution in [0.15, 0.2) is 20.6 Å². The topological polar surface area (TPSA) is 80.8 Å². The maximum Gasteiger partial charge on any atom is 0.208 e. The third kappa shape index (κ3) is 3.24. The van der Waals surface area contributed by atoms with Crippen molar-refractivity contribution >= 4 is 45.8 Å². The van der Waals surface area contributed by atoms with Gasteiger partial charge in [0.15, 0.2) is 9.50 Å². The quantitative estimate of drug-likeness (QED) is 0.520. The number of rotatable bonds is 4. The fourth-order valence-corrected chi connectivity index (χ4v) is 3.24. The van der Waals surface area contributed by atoms with Crippen LogP contribution in [0.25, 0.3) is 0 Å². The second kappa shape index (κ2) is 5.72. The summed E-state index contributed by atoms with van der Waals surface area (Å²) >= 11 is 4.42. The molecule has 0 saturated carbocycles. The Labute approximate surface area is 117 Å². The standard InChI is InChI=1S/C9H12N6S3/c1-15(2)8-13-14-9(18-8)17-6-4-5(10)11-7(12-6)16-3/h4H,1-3H3,(H2,10,11,12). The first-order chi connectivity index (χ1) is 8.58. The van der Waals surface area contributed by atoms with Gasteiger partial charge in [-0.05, 0) is 18.0 Å². The molecule has 96 valence electrons. The average Bonchev–Trinajstić information content (AvgIpc) is 2.76. The van der Waals surface area contributed by atoms with Crippen molar-refractivity contribution in [3.63, 3.8) is 0 Å². The molecule has 2 aromatic heterocycles. The molecule has 2 rings (SSSR count). The first-order valence-corrected chi connectivity index (χ1v) is 7.81. The van der Waals surface area contributed by atoms with Crippen LogP contribution in [0.5, 0.6) is 0 Å². The smallest absolute Gasteiger partial charge is 0.208 e. The average molecular weight is 300 g/mol. The van der Waals surface area contributed by atoms with Crippen LogP contribution < -0.4 is 10.6 Å². The van der Waals surface area contributed by atoms with E-state index in [1.54, 1.807) is 6.07 Å². The summed E-state index contributed by atoms with van der Waals surface area (Å²) in [7, 11) is 3.87. The lowest BCUT2D eigenvalue weighted by Gasteiger charge is -2.04. The molecule has 0 bridgehead atoms. The summed E-state index contributed by atoms with van der Waals surface area (Å²) in [5.74, 6) is 0.467. The van der Waals surface area contributed by atoms with E-state index in [9.17, 15) is 0 Å². The van der Waals surface area contributed by atoms with Crippen molar-refractivity contribution < 1.29 is 0 Å². The van der Waals surface area contributed by atoms with Crippen LogP contribution in [0.3, 0.4) is 0 Å². The highest BCUT2D eigenvalue weighted by Crippen LogP contribution is 2.32. The Hall–Kier alpha value is -1.06. The molecule has 2 aromatic rings. The van der Waals surface area contributed by atoms with Gasteiger partial charge in [0.1, 0.15) is 10.8 Å². The summed E-state index contributed by atoms with van der Waals surface area (Å²) < 4.78 is 0.837. The molecule has 0 atom stereocenters. The minimum absolute atomic E-state index is 0.467. The molecule has 0 unspecified atom stereocenters. The summed E-state index contributed by atoms with van der Waals surface area (Å²) in [5, 5.41) is 10.5. The number of aromatic nitrogens is 4. The van der Waals surface area contributed by atoms with E-state index in [0.717, 1.165) is 14.5 Å². The molecule has 0 aromatic carbocycles. The fourth-order valence-electron chi connectivity index (χ4n) is 1.08. The number of hydrogen-bond acceptors (Lipinski definition) is 9. The molecular weight excluding hydrogens is 288 g/mol. The van der Waals surface area contributed by atoms with Gasteiger partial charge >= 0.3 is 0 Å². The lowest BCUT2D eigenvalue weighted by molar-refractivity contribution is 0.899. The second-order valence-electron chi connectivity index (χ2n) is 3.46. The molecule has 6 nitrogen and oxygen atoms in total. The van der Waals surface area contributed by atoms with Crippen molar-refractivity contribution in [2.45, 2.75) is 14.5 Å². The molecule has 9 heteroatoms. The van der Waals surface area contributed by atoms with Crippen LogP contribution in [0, 0.1) is 0 Å². The molecule has 0 saturated heterocycles. The molecule has 18 heavy (non-hydrogen) atoms.